The maximum absolute atomic E-state index is 11.9. The second-order valence-corrected chi connectivity index (χ2v) is 4.87. The van der Waals surface area contributed by atoms with E-state index in [1.807, 2.05) is 19.1 Å². The number of hydrogen-bond acceptors (Lipinski definition) is 5. The van der Waals surface area contributed by atoms with Crippen molar-refractivity contribution in [3.63, 3.8) is 0 Å². The summed E-state index contributed by atoms with van der Waals surface area (Å²) in [6.07, 6.45) is 0. The lowest BCUT2D eigenvalue weighted by atomic mass is 10.2. The third kappa shape index (κ3) is 5.42. The number of para-hydroxylation sites is 2. The molecule has 2 aromatic carbocycles. The van der Waals surface area contributed by atoms with Crippen LogP contribution in [0.3, 0.4) is 0 Å². The van der Waals surface area contributed by atoms with Gasteiger partial charge in [-0.1, -0.05) is 18.2 Å². The van der Waals surface area contributed by atoms with Gasteiger partial charge >= 0.3 is 12.0 Å². The summed E-state index contributed by atoms with van der Waals surface area (Å²) in [5.41, 5.74) is 0.817. The van der Waals surface area contributed by atoms with Crippen LogP contribution in [0.2, 0.25) is 0 Å². The van der Waals surface area contributed by atoms with Gasteiger partial charge < -0.3 is 24.8 Å². The van der Waals surface area contributed by atoms with Crippen LogP contribution in [-0.4, -0.2) is 32.4 Å². The van der Waals surface area contributed by atoms with Crippen LogP contribution in [0.1, 0.15) is 17.3 Å². The highest BCUT2D eigenvalue weighted by Crippen LogP contribution is 2.25. The number of methoxy groups -OCH3 is 1. The standard InChI is InChI=1S/C18H20N2O5/c1-3-24-15-9-4-5-10-16(15)25-12-19-18(22)20-14-8-6-7-13(11-14)17(21)23-2/h4-11H,3,12H2,1-2H3,(H2,19,20,22). The van der Waals surface area contributed by atoms with E-state index in [9.17, 15) is 9.59 Å². The Morgan fingerprint density at radius 1 is 1.00 bits per heavy atom. The number of benzene rings is 2. The van der Waals surface area contributed by atoms with Crippen LogP contribution in [-0.2, 0) is 4.74 Å². The third-order valence-electron chi connectivity index (χ3n) is 3.15. The van der Waals surface area contributed by atoms with Crippen molar-refractivity contribution in [3.05, 3.63) is 54.1 Å². The summed E-state index contributed by atoms with van der Waals surface area (Å²) in [5, 5.41) is 5.19. The van der Waals surface area contributed by atoms with E-state index in [0.29, 0.717) is 29.4 Å². The summed E-state index contributed by atoms with van der Waals surface area (Å²) in [6.45, 7) is 2.36. The first-order chi connectivity index (χ1) is 12.1. The van der Waals surface area contributed by atoms with E-state index in [-0.39, 0.29) is 6.73 Å². The van der Waals surface area contributed by atoms with Crippen molar-refractivity contribution >= 4 is 17.7 Å². The highest BCUT2D eigenvalue weighted by molar-refractivity contribution is 5.93. The average Bonchev–Trinajstić information content (AvgIpc) is 2.63. The third-order valence-corrected chi connectivity index (χ3v) is 3.15. The minimum Gasteiger partial charge on any atom is -0.490 e. The van der Waals surface area contributed by atoms with Gasteiger partial charge in [0.05, 0.1) is 19.3 Å². The van der Waals surface area contributed by atoms with Crippen LogP contribution >= 0.6 is 0 Å². The van der Waals surface area contributed by atoms with Gasteiger partial charge in [0.1, 0.15) is 0 Å². The topological polar surface area (TPSA) is 85.9 Å². The van der Waals surface area contributed by atoms with E-state index in [1.54, 1.807) is 30.3 Å². The summed E-state index contributed by atoms with van der Waals surface area (Å²) in [6, 6.07) is 13.2. The summed E-state index contributed by atoms with van der Waals surface area (Å²) in [7, 11) is 1.30. The molecule has 132 valence electrons. The molecule has 0 bridgehead atoms. The molecular weight excluding hydrogens is 324 g/mol. The van der Waals surface area contributed by atoms with E-state index < -0.39 is 12.0 Å². The van der Waals surface area contributed by atoms with E-state index in [0.717, 1.165) is 0 Å². The zero-order valence-electron chi connectivity index (χ0n) is 14.1. The van der Waals surface area contributed by atoms with Crippen LogP contribution in [0.15, 0.2) is 48.5 Å². The molecule has 0 spiro atoms. The van der Waals surface area contributed by atoms with Gasteiger partial charge in [-0.15, -0.1) is 0 Å². The molecule has 0 fully saturated rings. The Hall–Kier alpha value is -3.22. The van der Waals surface area contributed by atoms with Crippen molar-refractivity contribution < 1.29 is 23.8 Å². The van der Waals surface area contributed by atoms with E-state index in [1.165, 1.54) is 13.2 Å². The smallest absolute Gasteiger partial charge is 0.337 e. The van der Waals surface area contributed by atoms with Gasteiger partial charge in [0.15, 0.2) is 18.2 Å². The molecule has 0 aliphatic carbocycles. The molecule has 0 aromatic heterocycles. The number of amides is 2. The first-order valence-corrected chi connectivity index (χ1v) is 7.72. The first-order valence-electron chi connectivity index (χ1n) is 7.72. The van der Waals surface area contributed by atoms with Gasteiger partial charge in [0, 0.05) is 5.69 Å². The van der Waals surface area contributed by atoms with Crippen LogP contribution in [0.4, 0.5) is 10.5 Å². The Morgan fingerprint density at radius 2 is 1.72 bits per heavy atom. The molecule has 0 atom stereocenters. The second-order valence-electron chi connectivity index (χ2n) is 4.87. The highest BCUT2D eigenvalue weighted by atomic mass is 16.5. The lowest BCUT2D eigenvalue weighted by Crippen LogP contribution is -2.32. The zero-order chi connectivity index (χ0) is 18.1. The van der Waals surface area contributed by atoms with E-state index >= 15 is 0 Å². The first kappa shape index (κ1) is 18.1. The van der Waals surface area contributed by atoms with Crippen molar-refractivity contribution in [2.24, 2.45) is 0 Å². The molecule has 7 heteroatoms. The minimum atomic E-state index is -0.472. The molecule has 0 radical (unpaired) electrons. The number of carbonyl (C=O) groups excluding carboxylic acids is 2. The quantitative estimate of drug-likeness (QED) is 0.596. The van der Waals surface area contributed by atoms with Gasteiger partial charge in [0.2, 0.25) is 0 Å². The number of rotatable bonds is 7. The van der Waals surface area contributed by atoms with E-state index in [4.69, 9.17) is 9.47 Å². The minimum absolute atomic E-state index is 0.0351. The largest absolute Gasteiger partial charge is 0.490 e. The van der Waals surface area contributed by atoms with Crippen molar-refractivity contribution in [2.75, 3.05) is 25.8 Å². The normalized spacial score (nSPS) is 9.84. The Balaban J connectivity index is 1.86. The fourth-order valence-electron chi connectivity index (χ4n) is 2.04. The molecule has 2 amide bonds. The SMILES string of the molecule is CCOc1ccccc1OCNC(=O)Nc1cccc(C(=O)OC)c1. The average molecular weight is 344 g/mol. The summed E-state index contributed by atoms with van der Waals surface area (Å²) in [4.78, 5) is 23.4. The van der Waals surface area contributed by atoms with Crippen LogP contribution in [0, 0.1) is 0 Å². The summed E-state index contributed by atoms with van der Waals surface area (Å²) >= 11 is 0. The molecule has 0 aliphatic rings. The Kier molecular flexibility index (Phi) is 6.65. The molecule has 7 nitrogen and oxygen atoms in total. The van der Waals surface area contributed by atoms with Crippen LogP contribution in [0.5, 0.6) is 11.5 Å². The molecule has 2 aromatic rings. The van der Waals surface area contributed by atoms with Crippen LogP contribution < -0.4 is 20.1 Å². The summed E-state index contributed by atoms with van der Waals surface area (Å²) < 4.78 is 15.6. The number of nitrogens with one attached hydrogen (secondary N) is 2. The molecule has 25 heavy (non-hydrogen) atoms. The predicted octanol–water partition coefficient (Wildman–Crippen LogP) is 3.03. The lowest BCUT2D eigenvalue weighted by molar-refractivity contribution is 0.0600. The number of anilines is 1. The molecular formula is C18H20N2O5. The van der Waals surface area contributed by atoms with Crippen LogP contribution in [0.25, 0.3) is 0 Å². The number of urea groups is 1. The lowest BCUT2D eigenvalue weighted by Gasteiger charge is -2.12. The number of carbonyl (C=O) groups is 2. The van der Waals surface area contributed by atoms with Crippen molar-refractivity contribution in [1.82, 2.24) is 5.32 Å². The van der Waals surface area contributed by atoms with Gasteiger partial charge in [-0.25, -0.2) is 9.59 Å². The zero-order valence-corrected chi connectivity index (χ0v) is 14.1. The molecule has 2 N–H and O–H groups in total. The van der Waals surface area contributed by atoms with Gasteiger partial charge in [-0.05, 0) is 37.3 Å². The predicted molar refractivity (Wildman–Crippen MR) is 93.0 cm³/mol. The Morgan fingerprint density at radius 3 is 2.40 bits per heavy atom. The maximum atomic E-state index is 11.9. The Labute approximate surface area is 145 Å². The monoisotopic (exact) mass is 344 g/mol. The Bertz CT molecular complexity index is 733. The fraction of sp³-hybridized carbons (Fsp3) is 0.222. The highest BCUT2D eigenvalue weighted by Gasteiger charge is 2.08. The molecule has 0 aliphatic heterocycles. The van der Waals surface area contributed by atoms with E-state index in [2.05, 4.69) is 15.4 Å². The number of ether oxygens (including phenoxy) is 3. The molecule has 0 saturated carbocycles. The number of hydrogen-bond donors (Lipinski definition) is 2. The van der Waals surface area contributed by atoms with Crippen molar-refractivity contribution in [1.29, 1.82) is 0 Å². The summed E-state index contributed by atoms with van der Waals surface area (Å²) in [5.74, 6) is 0.676. The van der Waals surface area contributed by atoms with Crippen molar-refractivity contribution in [3.8, 4) is 11.5 Å². The molecule has 0 heterocycles. The molecule has 2 rings (SSSR count). The van der Waals surface area contributed by atoms with Gasteiger partial charge in [0.25, 0.3) is 0 Å². The second kappa shape index (κ2) is 9.17. The molecule has 0 unspecified atom stereocenters. The van der Waals surface area contributed by atoms with Gasteiger partial charge in [-0.3, -0.25) is 0 Å². The fourth-order valence-corrected chi connectivity index (χ4v) is 2.04. The van der Waals surface area contributed by atoms with Crippen molar-refractivity contribution in [2.45, 2.75) is 6.92 Å². The maximum Gasteiger partial charge on any atom is 0.337 e. The number of esters is 1. The molecule has 0 saturated heterocycles. The van der Waals surface area contributed by atoms with Gasteiger partial charge in [-0.2, -0.15) is 0 Å².